The van der Waals surface area contributed by atoms with E-state index in [0.29, 0.717) is 23.3 Å². The Kier molecular flexibility index (Phi) is 3.85. The second-order valence-electron chi connectivity index (χ2n) is 5.74. The lowest BCUT2D eigenvalue weighted by molar-refractivity contribution is 0.222. The highest BCUT2D eigenvalue weighted by Gasteiger charge is 2.18. The Balaban J connectivity index is 1.48. The van der Waals surface area contributed by atoms with Crippen molar-refractivity contribution in [3.63, 3.8) is 0 Å². The summed E-state index contributed by atoms with van der Waals surface area (Å²) in [5, 5.41) is 8.97. The predicted octanol–water partition coefficient (Wildman–Crippen LogP) is 3.95. The van der Waals surface area contributed by atoms with Crippen LogP contribution < -0.4 is 0 Å². The van der Waals surface area contributed by atoms with E-state index in [1.807, 2.05) is 24.3 Å². The molecule has 0 spiro atoms. The lowest BCUT2D eigenvalue weighted by Crippen LogP contribution is -2.30. The summed E-state index contributed by atoms with van der Waals surface area (Å²) in [4.78, 5) is 2.33. The molecule has 0 atom stereocenters. The van der Waals surface area contributed by atoms with Gasteiger partial charge in [0.05, 0.1) is 6.54 Å². The number of rotatable bonds is 3. The third kappa shape index (κ3) is 3.14. The Morgan fingerprint density at radius 2 is 1.91 bits per heavy atom. The maximum Gasteiger partial charge on any atom is 0.247 e. The molecule has 0 amide bonds. The summed E-state index contributed by atoms with van der Waals surface area (Å²) in [5.41, 5.74) is 3.67. The van der Waals surface area contributed by atoms with E-state index in [9.17, 15) is 0 Å². The van der Waals surface area contributed by atoms with Crippen LogP contribution in [0.5, 0.6) is 0 Å². The molecule has 0 saturated carbocycles. The van der Waals surface area contributed by atoms with Gasteiger partial charge in [0.1, 0.15) is 0 Å². The van der Waals surface area contributed by atoms with E-state index in [-0.39, 0.29) is 0 Å². The van der Waals surface area contributed by atoms with Crippen molar-refractivity contribution in [1.29, 1.82) is 0 Å². The maximum atomic E-state index is 6.01. The van der Waals surface area contributed by atoms with Gasteiger partial charge in [0.15, 0.2) is 0 Å². The summed E-state index contributed by atoms with van der Waals surface area (Å²) in [6.45, 7) is 2.60. The highest BCUT2D eigenvalue weighted by Crippen LogP contribution is 2.23. The summed E-state index contributed by atoms with van der Waals surface area (Å²) in [5.74, 6) is 1.15. The third-order valence-electron chi connectivity index (χ3n) is 4.11. The Labute approximate surface area is 139 Å². The average molecular weight is 326 g/mol. The van der Waals surface area contributed by atoms with Gasteiger partial charge < -0.3 is 4.42 Å². The first kappa shape index (κ1) is 14.4. The normalized spacial score (nSPS) is 14.7. The standard InChI is InChI=1S/C18H16ClN3O/c19-16-7-3-6-14(10-16)18-21-20-17(23-18)12-22-9-8-13-4-1-2-5-15(13)11-22/h1-7,10H,8-9,11-12H2. The lowest BCUT2D eigenvalue weighted by atomic mass is 10.00. The quantitative estimate of drug-likeness (QED) is 0.731. The Bertz CT molecular complexity index is 830. The minimum Gasteiger partial charge on any atom is -0.419 e. The number of hydrogen-bond donors (Lipinski definition) is 0. The van der Waals surface area contributed by atoms with Gasteiger partial charge in [0, 0.05) is 23.7 Å². The first-order valence-electron chi connectivity index (χ1n) is 7.65. The zero-order valence-corrected chi connectivity index (χ0v) is 13.3. The van der Waals surface area contributed by atoms with Gasteiger partial charge >= 0.3 is 0 Å². The maximum absolute atomic E-state index is 6.01. The largest absolute Gasteiger partial charge is 0.419 e. The van der Waals surface area contributed by atoms with Crippen molar-refractivity contribution in [2.45, 2.75) is 19.5 Å². The summed E-state index contributed by atoms with van der Waals surface area (Å²) in [6, 6.07) is 16.0. The van der Waals surface area contributed by atoms with Crippen molar-refractivity contribution >= 4 is 11.6 Å². The molecule has 2 aromatic carbocycles. The average Bonchev–Trinajstić information content (AvgIpc) is 3.03. The van der Waals surface area contributed by atoms with Crippen LogP contribution >= 0.6 is 11.6 Å². The van der Waals surface area contributed by atoms with Crippen LogP contribution in [0.25, 0.3) is 11.5 Å². The summed E-state index contributed by atoms with van der Waals surface area (Å²) >= 11 is 6.01. The summed E-state index contributed by atoms with van der Waals surface area (Å²) in [6.07, 6.45) is 1.06. The van der Waals surface area contributed by atoms with E-state index in [2.05, 4.69) is 39.4 Å². The number of benzene rings is 2. The smallest absolute Gasteiger partial charge is 0.247 e. The lowest BCUT2D eigenvalue weighted by Gasteiger charge is -2.27. The predicted molar refractivity (Wildman–Crippen MR) is 89.0 cm³/mol. The molecule has 0 radical (unpaired) electrons. The van der Waals surface area contributed by atoms with Crippen LogP contribution in [0.1, 0.15) is 17.0 Å². The molecule has 4 nitrogen and oxygen atoms in total. The van der Waals surface area contributed by atoms with Crippen molar-refractivity contribution in [3.05, 3.63) is 70.6 Å². The van der Waals surface area contributed by atoms with Gasteiger partial charge in [-0.15, -0.1) is 10.2 Å². The van der Waals surface area contributed by atoms with Crippen LogP contribution in [0.15, 0.2) is 52.9 Å². The molecule has 4 rings (SSSR count). The fourth-order valence-corrected chi connectivity index (χ4v) is 3.13. The molecule has 2 heterocycles. The first-order chi connectivity index (χ1) is 11.3. The molecule has 116 valence electrons. The second kappa shape index (κ2) is 6.14. The molecule has 5 heteroatoms. The molecule has 0 aliphatic carbocycles. The number of hydrogen-bond acceptors (Lipinski definition) is 4. The highest BCUT2D eigenvalue weighted by molar-refractivity contribution is 6.30. The molecule has 0 fully saturated rings. The Morgan fingerprint density at radius 1 is 1.04 bits per heavy atom. The van der Waals surface area contributed by atoms with Crippen molar-refractivity contribution < 1.29 is 4.42 Å². The van der Waals surface area contributed by atoms with E-state index in [1.54, 1.807) is 0 Å². The Morgan fingerprint density at radius 3 is 2.78 bits per heavy atom. The molecule has 0 saturated heterocycles. The van der Waals surface area contributed by atoms with Crippen LogP contribution in [-0.4, -0.2) is 21.6 Å². The molecule has 0 N–H and O–H groups in total. The molecule has 23 heavy (non-hydrogen) atoms. The molecule has 1 aliphatic rings. The Hall–Kier alpha value is -2.17. The fourth-order valence-electron chi connectivity index (χ4n) is 2.94. The van der Waals surface area contributed by atoms with Crippen LogP contribution in [0, 0.1) is 0 Å². The second-order valence-corrected chi connectivity index (χ2v) is 6.18. The van der Waals surface area contributed by atoms with Gasteiger partial charge in [-0.2, -0.15) is 0 Å². The molecule has 0 bridgehead atoms. The van der Waals surface area contributed by atoms with Crippen molar-refractivity contribution in [3.8, 4) is 11.5 Å². The monoisotopic (exact) mass is 325 g/mol. The van der Waals surface area contributed by atoms with Crippen molar-refractivity contribution in [2.24, 2.45) is 0 Å². The van der Waals surface area contributed by atoms with Crippen LogP contribution in [0.3, 0.4) is 0 Å². The zero-order valence-electron chi connectivity index (χ0n) is 12.6. The van der Waals surface area contributed by atoms with E-state index in [4.69, 9.17) is 16.0 Å². The third-order valence-corrected chi connectivity index (χ3v) is 4.34. The van der Waals surface area contributed by atoms with E-state index >= 15 is 0 Å². The zero-order chi connectivity index (χ0) is 15.6. The van der Waals surface area contributed by atoms with Gasteiger partial charge in [-0.25, -0.2) is 0 Å². The summed E-state index contributed by atoms with van der Waals surface area (Å²) < 4.78 is 5.79. The van der Waals surface area contributed by atoms with Gasteiger partial charge in [0.25, 0.3) is 0 Å². The fraction of sp³-hybridized carbons (Fsp3) is 0.222. The van der Waals surface area contributed by atoms with Gasteiger partial charge in [-0.05, 0) is 35.7 Å². The molecular formula is C18H16ClN3O. The van der Waals surface area contributed by atoms with Crippen LogP contribution in [-0.2, 0) is 19.5 Å². The number of aromatic nitrogens is 2. The van der Waals surface area contributed by atoms with Crippen LogP contribution in [0.2, 0.25) is 5.02 Å². The molecular weight excluding hydrogens is 310 g/mol. The number of fused-ring (bicyclic) bond motifs is 1. The number of nitrogens with zero attached hydrogens (tertiary/aromatic N) is 3. The SMILES string of the molecule is Clc1cccc(-c2nnc(CN3CCc4ccccc4C3)o2)c1. The van der Waals surface area contributed by atoms with Gasteiger partial charge in [-0.1, -0.05) is 41.9 Å². The van der Waals surface area contributed by atoms with Crippen molar-refractivity contribution in [2.75, 3.05) is 6.54 Å². The minimum absolute atomic E-state index is 0.514. The number of halogens is 1. The van der Waals surface area contributed by atoms with E-state index in [0.717, 1.165) is 25.1 Å². The summed E-state index contributed by atoms with van der Waals surface area (Å²) in [7, 11) is 0. The molecule has 0 unspecified atom stereocenters. The van der Waals surface area contributed by atoms with Gasteiger partial charge in [-0.3, -0.25) is 4.90 Å². The molecule has 1 aliphatic heterocycles. The minimum atomic E-state index is 0.514. The topological polar surface area (TPSA) is 42.2 Å². The van der Waals surface area contributed by atoms with Gasteiger partial charge in [0.2, 0.25) is 11.8 Å². The molecule has 3 aromatic rings. The van der Waals surface area contributed by atoms with Crippen molar-refractivity contribution in [1.82, 2.24) is 15.1 Å². The van der Waals surface area contributed by atoms with E-state index < -0.39 is 0 Å². The van der Waals surface area contributed by atoms with Crippen LogP contribution in [0.4, 0.5) is 0 Å². The first-order valence-corrected chi connectivity index (χ1v) is 8.03. The highest BCUT2D eigenvalue weighted by atomic mass is 35.5. The van der Waals surface area contributed by atoms with E-state index in [1.165, 1.54) is 11.1 Å². The molecule has 1 aromatic heterocycles.